The molecule has 0 aromatic rings. The van der Waals surface area contributed by atoms with Gasteiger partial charge in [-0.05, 0) is 45.7 Å². The molecule has 1 aliphatic rings. The van der Waals surface area contributed by atoms with Gasteiger partial charge in [-0.3, -0.25) is 0 Å². The summed E-state index contributed by atoms with van der Waals surface area (Å²) in [4.78, 5) is 0. The van der Waals surface area contributed by atoms with Gasteiger partial charge in [-0.1, -0.05) is 6.92 Å². The van der Waals surface area contributed by atoms with Gasteiger partial charge in [0.05, 0.1) is 19.3 Å². The van der Waals surface area contributed by atoms with Crippen LogP contribution in [0.15, 0.2) is 0 Å². The van der Waals surface area contributed by atoms with Crippen molar-refractivity contribution in [3.63, 3.8) is 0 Å². The van der Waals surface area contributed by atoms with E-state index in [9.17, 15) is 0 Å². The van der Waals surface area contributed by atoms with Crippen molar-refractivity contribution in [1.82, 2.24) is 5.32 Å². The van der Waals surface area contributed by atoms with Gasteiger partial charge in [0.1, 0.15) is 0 Å². The topological polar surface area (TPSA) is 30.5 Å². The van der Waals surface area contributed by atoms with E-state index in [1.54, 1.807) is 0 Å². The van der Waals surface area contributed by atoms with Gasteiger partial charge in [0.15, 0.2) is 0 Å². The average Bonchev–Trinajstić information content (AvgIpc) is 2.79. The molecule has 0 saturated carbocycles. The van der Waals surface area contributed by atoms with E-state index in [4.69, 9.17) is 9.47 Å². The molecule has 1 fully saturated rings. The summed E-state index contributed by atoms with van der Waals surface area (Å²) in [6.07, 6.45) is 5.15. The van der Waals surface area contributed by atoms with Crippen LogP contribution in [-0.2, 0) is 9.47 Å². The largest absolute Gasteiger partial charge is 0.381 e. The van der Waals surface area contributed by atoms with Crippen LogP contribution < -0.4 is 5.32 Å². The van der Waals surface area contributed by atoms with E-state index in [1.165, 1.54) is 19.3 Å². The smallest absolute Gasteiger partial charge is 0.0547 e. The lowest BCUT2D eigenvalue weighted by molar-refractivity contribution is 0.0312. The fourth-order valence-electron chi connectivity index (χ4n) is 1.91. The van der Waals surface area contributed by atoms with Crippen molar-refractivity contribution in [1.29, 1.82) is 0 Å². The predicted octanol–water partition coefficient (Wildman–Crippen LogP) is 2.21. The molecule has 96 valence electrons. The van der Waals surface area contributed by atoms with Crippen LogP contribution in [0.4, 0.5) is 0 Å². The van der Waals surface area contributed by atoms with Crippen molar-refractivity contribution < 1.29 is 9.47 Å². The molecule has 0 spiro atoms. The first kappa shape index (κ1) is 13.9. The number of hydrogen-bond donors (Lipinski definition) is 1. The minimum atomic E-state index is 0.393. The second kappa shape index (κ2) is 8.97. The molecule has 2 atom stereocenters. The lowest BCUT2D eigenvalue weighted by atomic mass is 10.1. The fraction of sp³-hybridized carbons (Fsp3) is 1.00. The lowest BCUT2D eigenvalue weighted by Gasteiger charge is -2.15. The Morgan fingerprint density at radius 3 is 3.00 bits per heavy atom. The molecular weight excluding hydrogens is 202 g/mol. The van der Waals surface area contributed by atoms with Crippen LogP contribution in [0.5, 0.6) is 0 Å². The van der Waals surface area contributed by atoms with Gasteiger partial charge < -0.3 is 14.8 Å². The number of rotatable bonds is 9. The zero-order valence-electron chi connectivity index (χ0n) is 10.8. The van der Waals surface area contributed by atoms with E-state index in [0.717, 1.165) is 39.3 Å². The summed E-state index contributed by atoms with van der Waals surface area (Å²) in [6, 6.07) is 0. The number of nitrogens with one attached hydrogen (secondary N) is 1. The zero-order valence-corrected chi connectivity index (χ0v) is 10.8. The Bertz CT molecular complexity index is 158. The van der Waals surface area contributed by atoms with E-state index in [1.807, 2.05) is 0 Å². The van der Waals surface area contributed by atoms with Crippen LogP contribution in [0.3, 0.4) is 0 Å². The number of ether oxygens (including phenoxy) is 2. The summed E-state index contributed by atoms with van der Waals surface area (Å²) in [5.74, 6) is 0.640. The van der Waals surface area contributed by atoms with Gasteiger partial charge in [0.25, 0.3) is 0 Å². The van der Waals surface area contributed by atoms with Crippen LogP contribution in [0.2, 0.25) is 0 Å². The van der Waals surface area contributed by atoms with Gasteiger partial charge in [0.2, 0.25) is 0 Å². The third-order valence-corrected chi connectivity index (χ3v) is 3.03. The van der Waals surface area contributed by atoms with Crippen LogP contribution >= 0.6 is 0 Å². The molecule has 1 saturated heterocycles. The van der Waals surface area contributed by atoms with Crippen LogP contribution in [-0.4, -0.2) is 39.0 Å². The summed E-state index contributed by atoms with van der Waals surface area (Å²) in [5, 5.41) is 3.41. The fourth-order valence-corrected chi connectivity index (χ4v) is 1.91. The maximum absolute atomic E-state index is 5.82. The van der Waals surface area contributed by atoms with E-state index in [-0.39, 0.29) is 0 Å². The third kappa shape index (κ3) is 6.46. The summed E-state index contributed by atoms with van der Waals surface area (Å²) in [5.41, 5.74) is 0. The van der Waals surface area contributed by atoms with E-state index in [2.05, 4.69) is 19.2 Å². The van der Waals surface area contributed by atoms with Gasteiger partial charge in [-0.15, -0.1) is 0 Å². The highest BCUT2D eigenvalue weighted by Crippen LogP contribution is 2.14. The Hall–Kier alpha value is -0.120. The third-order valence-electron chi connectivity index (χ3n) is 3.03. The van der Waals surface area contributed by atoms with E-state index >= 15 is 0 Å². The van der Waals surface area contributed by atoms with Gasteiger partial charge in [0, 0.05) is 12.5 Å². The van der Waals surface area contributed by atoms with Gasteiger partial charge in [-0.25, -0.2) is 0 Å². The minimum absolute atomic E-state index is 0.393. The molecule has 0 aromatic heterocycles. The monoisotopic (exact) mass is 229 g/mol. The molecule has 1 rings (SSSR count). The first-order valence-corrected chi connectivity index (χ1v) is 6.73. The molecular formula is C13H27NO2. The van der Waals surface area contributed by atoms with Crippen molar-refractivity contribution in [2.45, 2.75) is 45.6 Å². The van der Waals surface area contributed by atoms with Crippen molar-refractivity contribution >= 4 is 0 Å². The standard InChI is InChI=1S/C13H27NO2/c1-3-7-14-8-4-5-12(2)16-11-13-6-9-15-10-13/h12-14H,3-11H2,1-2H3. The first-order valence-electron chi connectivity index (χ1n) is 6.73. The molecule has 1 heterocycles. The zero-order chi connectivity index (χ0) is 11.6. The summed E-state index contributed by atoms with van der Waals surface area (Å²) >= 11 is 0. The summed E-state index contributed by atoms with van der Waals surface area (Å²) in [7, 11) is 0. The van der Waals surface area contributed by atoms with Crippen molar-refractivity contribution in [3.8, 4) is 0 Å². The highest BCUT2D eigenvalue weighted by atomic mass is 16.5. The Morgan fingerprint density at radius 2 is 2.31 bits per heavy atom. The Balaban J connectivity index is 1.87. The Morgan fingerprint density at radius 1 is 1.44 bits per heavy atom. The second-order valence-electron chi connectivity index (χ2n) is 4.77. The molecule has 0 amide bonds. The molecule has 0 aromatic carbocycles. The van der Waals surface area contributed by atoms with E-state index < -0.39 is 0 Å². The molecule has 0 bridgehead atoms. The maximum Gasteiger partial charge on any atom is 0.0547 e. The molecule has 0 radical (unpaired) electrons. The Labute approximate surface area is 99.9 Å². The average molecular weight is 229 g/mol. The second-order valence-corrected chi connectivity index (χ2v) is 4.77. The minimum Gasteiger partial charge on any atom is -0.381 e. The molecule has 1 N–H and O–H groups in total. The maximum atomic E-state index is 5.82. The van der Waals surface area contributed by atoms with Crippen molar-refractivity contribution in [2.75, 3.05) is 32.9 Å². The van der Waals surface area contributed by atoms with Crippen LogP contribution in [0.1, 0.15) is 39.5 Å². The highest BCUT2D eigenvalue weighted by Gasteiger charge is 2.16. The van der Waals surface area contributed by atoms with Gasteiger partial charge >= 0.3 is 0 Å². The molecule has 16 heavy (non-hydrogen) atoms. The predicted molar refractivity (Wildman–Crippen MR) is 66.7 cm³/mol. The van der Waals surface area contributed by atoms with Crippen molar-refractivity contribution in [3.05, 3.63) is 0 Å². The SMILES string of the molecule is CCCNCCCC(C)OCC1CCOC1. The number of hydrogen-bond acceptors (Lipinski definition) is 3. The Kier molecular flexibility index (Phi) is 7.81. The quantitative estimate of drug-likeness (QED) is 0.615. The normalized spacial score (nSPS) is 22.5. The molecule has 2 unspecified atom stereocenters. The summed E-state index contributed by atoms with van der Waals surface area (Å²) in [6.45, 7) is 9.32. The highest BCUT2D eigenvalue weighted by molar-refractivity contribution is 4.64. The van der Waals surface area contributed by atoms with Crippen molar-refractivity contribution in [2.24, 2.45) is 5.92 Å². The molecule has 3 nitrogen and oxygen atoms in total. The molecule has 3 heteroatoms. The lowest BCUT2D eigenvalue weighted by Crippen LogP contribution is -2.20. The van der Waals surface area contributed by atoms with Gasteiger partial charge in [-0.2, -0.15) is 0 Å². The summed E-state index contributed by atoms with van der Waals surface area (Å²) < 4.78 is 11.1. The van der Waals surface area contributed by atoms with Crippen LogP contribution in [0.25, 0.3) is 0 Å². The van der Waals surface area contributed by atoms with E-state index in [0.29, 0.717) is 12.0 Å². The first-order chi connectivity index (χ1) is 7.83. The molecule has 1 aliphatic heterocycles. The molecule has 0 aliphatic carbocycles. The van der Waals surface area contributed by atoms with Crippen LogP contribution in [0, 0.1) is 5.92 Å².